The normalized spacial score (nSPS) is 10.2. The largest absolute Gasteiger partial charge is 0.496 e. The standard InChI is InChI=1S/C7H5F3O4/c8-7(9,10)5(12)3-1-2-4(11)6(13)14/h1,11H,3H2,(H,13,14). The number of aliphatic carboxylic acids is 1. The molecule has 0 fully saturated rings. The summed E-state index contributed by atoms with van der Waals surface area (Å²) in [6.07, 6.45) is -5.52. The molecule has 0 aromatic rings. The number of alkyl halides is 3. The Morgan fingerprint density at radius 3 is 2.14 bits per heavy atom. The SMILES string of the molecule is O=C(O)C(O)=C=CCC(=O)C(F)(F)F. The van der Waals surface area contributed by atoms with Crippen LogP contribution in [0.2, 0.25) is 0 Å². The lowest BCUT2D eigenvalue weighted by molar-refractivity contribution is -0.170. The molecule has 4 nitrogen and oxygen atoms in total. The van der Waals surface area contributed by atoms with Gasteiger partial charge in [-0.1, -0.05) is 5.73 Å². The van der Waals surface area contributed by atoms with Crippen molar-refractivity contribution in [3.8, 4) is 0 Å². The molecule has 0 aromatic carbocycles. The average molecular weight is 210 g/mol. The van der Waals surface area contributed by atoms with E-state index in [1.54, 1.807) is 5.73 Å². The Hall–Kier alpha value is -1.75. The molecule has 0 saturated carbocycles. The summed E-state index contributed by atoms with van der Waals surface area (Å²) >= 11 is 0. The number of carboxylic acid groups (broad SMARTS) is 1. The monoisotopic (exact) mass is 210 g/mol. The lowest BCUT2D eigenvalue weighted by atomic mass is 10.2. The molecule has 0 rings (SSSR count). The third-order valence-electron chi connectivity index (χ3n) is 1.04. The molecule has 0 unspecified atom stereocenters. The molecule has 0 saturated heterocycles. The molecular formula is C7H5F3O4. The number of ketones is 1. The molecule has 0 aliphatic rings. The number of rotatable bonds is 3. The van der Waals surface area contributed by atoms with E-state index in [9.17, 15) is 22.8 Å². The van der Waals surface area contributed by atoms with E-state index >= 15 is 0 Å². The number of aliphatic hydroxyl groups excluding tert-OH is 1. The van der Waals surface area contributed by atoms with Crippen molar-refractivity contribution in [3.63, 3.8) is 0 Å². The van der Waals surface area contributed by atoms with Gasteiger partial charge >= 0.3 is 12.1 Å². The lowest BCUT2D eigenvalue weighted by Crippen LogP contribution is -2.21. The topological polar surface area (TPSA) is 74.6 Å². The Bertz CT molecular complexity index is 309. The van der Waals surface area contributed by atoms with Crippen molar-refractivity contribution in [2.24, 2.45) is 0 Å². The third-order valence-corrected chi connectivity index (χ3v) is 1.04. The summed E-state index contributed by atoms with van der Waals surface area (Å²) in [5, 5.41) is 16.5. The minimum absolute atomic E-state index is 0.499. The molecular weight excluding hydrogens is 205 g/mol. The maximum atomic E-state index is 11.5. The van der Waals surface area contributed by atoms with Crippen molar-refractivity contribution in [3.05, 3.63) is 17.6 Å². The van der Waals surface area contributed by atoms with Crippen LogP contribution < -0.4 is 0 Å². The number of hydrogen-bond donors (Lipinski definition) is 2. The molecule has 0 aliphatic heterocycles. The molecule has 0 heterocycles. The van der Waals surface area contributed by atoms with E-state index in [2.05, 4.69) is 0 Å². The van der Waals surface area contributed by atoms with Gasteiger partial charge in [0.25, 0.3) is 0 Å². The van der Waals surface area contributed by atoms with Crippen molar-refractivity contribution in [1.29, 1.82) is 0 Å². The first-order valence-corrected chi connectivity index (χ1v) is 3.22. The Morgan fingerprint density at radius 2 is 1.79 bits per heavy atom. The molecule has 2 N–H and O–H groups in total. The lowest BCUT2D eigenvalue weighted by Gasteiger charge is -1.99. The molecule has 0 bridgehead atoms. The quantitative estimate of drug-likeness (QED) is 0.416. The van der Waals surface area contributed by atoms with Gasteiger partial charge in [-0.25, -0.2) is 4.79 Å². The third kappa shape index (κ3) is 4.32. The van der Waals surface area contributed by atoms with Crippen molar-refractivity contribution < 1.29 is 33.0 Å². The molecule has 7 heteroatoms. The zero-order valence-electron chi connectivity index (χ0n) is 6.63. The van der Waals surface area contributed by atoms with Crippen LogP contribution >= 0.6 is 0 Å². The second-order valence-electron chi connectivity index (χ2n) is 2.13. The summed E-state index contributed by atoms with van der Waals surface area (Å²) in [7, 11) is 0. The van der Waals surface area contributed by atoms with Crippen LogP contribution in [0.25, 0.3) is 0 Å². The van der Waals surface area contributed by atoms with Gasteiger partial charge in [-0.3, -0.25) is 4.79 Å². The summed E-state index contributed by atoms with van der Waals surface area (Å²) in [5.74, 6) is -5.02. The molecule has 0 aromatic heterocycles. The second kappa shape index (κ2) is 4.48. The van der Waals surface area contributed by atoms with Crippen LogP contribution in [0.4, 0.5) is 13.2 Å². The summed E-state index contributed by atoms with van der Waals surface area (Å²) in [5.41, 5.74) is 1.61. The minimum atomic E-state index is -4.96. The van der Waals surface area contributed by atoms with Gasteiger partial charge in [-0.05, 0) is 6.08 Å². The predicted octanol–water partition coefficient (Wildman–Crippen LogP) is 1.19. The fourth-order valence-electron chi connectivity index (χ4n) is 0.418. The molecule has 0 spiro atoms. The van der Waals surface area contributed by atoms with Crippen LogP contribution in [0.3, 0.4) is 0 Å². The zero-order valence-corrected chi connectivity index (χ0v) is 6.63. The van der Waals surface area contributed by atoms with Gasteiger partial charge in [-0.15, -0.1) is 0 Å². The van der Waals surface area contributed by atoms with Crippen LogP contribution in [0, 0.1) is 0 Å². The van der Waals surface area contributed by atoms with Crippen LogP contribution in [-0.4, -0.2) is 28.1 Å². The fraction of sp³-hybridized carbons (Fsp3) is 0.286. The molecule has 78 valence electrons. The van der Waals surface area contributed by atoms with E-state index in [1.165, 1.54) is 0 Å². The van der Waals surface area contributed by atoms with Crippen molar-refractivity contribution in [2.45, 2.75) is 12.6 Å². The van der Waals surface area contributed by atoms with E-state index < -0.39 is 30.1 Å². The number of halogens is 3. The minimum Gasteiger partial charge on any atom is -0.496 e. The predicted molar refractivity (Wildman–Crippen MR) is 37.5 cm³/mol. The zero-order chi connectivity index (χ0) is 11.4. The second-order valence-corrected chi connectivity index (χ2v) is 2.13. The van der Waals surface area contributed by atoms with Gasteiger partial charge in [0.1, 0.15) is 0 Å². The first-order chi connectivity index (χ1) is 6.25. The van der Waals surface area contributed by atoms with Crippen LogP contribution in [0.15, 0.2) is 17.6 Å². The highest BCUT2D eigenvalue weighted by molar-refractivity contribution is 5.86. The van der Waals surface area contributed by atoms with Crippen molar-refractivity contribution in [1.82, 2.24) is 0 Å². The summed E-state index contributed by atoms with van der Waals surface area (Å²) in [4.78, 5) is 20.1. The Balaban J connectivity index is 4.41. The Kier molecular flexibility index (Phi) is 3.92. The van der Waals surface area contributed by atoms with Crippen molar-refractivity contribution in [2.75, 3.05) is 0 Å². The highest BCUT2D eigenvalue weighted by atomic mass is 19.4. The molecule has 14 heavy (non-hydrogen) atoms. The average Bonchev–Trinajstić information content (AvgIpc) is 2.01. The molecule has 0 amide bonds. The first-order valence-electron chi connectivity index (χ1n) is 3.22. The number of Topliss-reactive ketones (excluding diaryl/α,β-unsaturated/α-hetero) is 1. The van der Waals surface area contributed by atoms with Crippen LogP contribution in [-0.2, 0) is 9.59 Å². The summed E-state index contributed by atoms with van der Waals surface area (Å²) < 4.78 is 34.6. The molecule has 0 aliphatic carbocycles. The maximum Gasteiger partial charge on any atom is 0.450 e. The van der Waals surface area contributed by atoms with Gasteiger partial charge in [-0.2, -0.15) is 13.2 Å². The Labute approximate surface area is 76.0 Å². The number of hydrogen-bond acceptors (Lipinski definition) is 3. The number of aliphatic hydroxyl groups is 1. The van der Waals surface area contributed by atoms with E-state index in [0.717, 1.165) is 0 Å². The Morgan fingerprint density at radius 1 is 1.29 bits per heavy atom. The van der Waals surface area contributed by atoms with Gasteiger partial charge in [0, 0.05) is 6.42 Å². The smallest absolute Gasteiger partial charge is 0.450 e. The van der Waals surface area contributed by atoms with E-state index in [0.29, 0.717) is 6.08 Å². The van der Waals surface area contributed by atoms with Gasteiger partial charge in [0.2, 0.25) is 11.5 Å². The van der Waals surface area contributed by atoms with Crippen LogP contribution in [0.1, 0.15) is 6.42 Å². The summed E-state index contributed by atoms with van der Waals surface area (Å²) in [6.45, 7) is 0. The number of carbonyl (C=O) groups is 2. The van der Waals surface area contributed by atoms with Crippen LogP contribution in [0.5, 0.6) is 0 Å². The van der Waals surface area contributed by atoms with Gasteiger partial charge in [0.15, 0.2) is 0 Å². The molecule has 0 radical (unpaired) electrons. The number of carbonyl (C=O) groups excluding carboxylic acids is 1. The van der Waals surface area contributed by atoms with Gasteiger partial charge < -0.3 is 10.2 Å². The maximum absolute atomic E-state index is 11.5. The van der Waals surface area contributed by atoms with E-state index in [1.807, 2.05) is 0 Å². The highest BCUT2D eigenvalue weighted by Gasteiger charge is 2.36. The van der Waals surface area contributed by atoms with Crippen molar-refractivity contribution >= 4 is 11.8 Å². The highest BCUT2D eigenvalue weighted by Crippen LogP contribution is 2.17. The van der Waals surface area contributed by atoms with Gasteiger partial charge in [0.05, 0.1) is 0 Å². The molecule has 0 atom stereocenters. The first kappa shape index (κ1) is 12.2. The fourth-order valence-corrected chi connectivity index (χ4v) is 0.418. The van der Waals surface area contributed by atoms with E-state index in [-0.39, 0.29) is 0 Å². The number of carboxylic acids is 1. The van der Waals surface area contributed by atoms with E-state index in [4.69, 9.17) is 10.2 Å². The summed E-state index contributed by atoms with van der Waals surface area (Å²) in [6, 6.07) is 0.